The Balaban J connectivity index is 0.00000338. The average Bonchev–Trinajstić information content (AvgIpc) is 2.60. The zero-order valence-corrected chi connectivity index (χ0v) is 15.3. The molecule has 0 bridgehead atoms. The largest absolute Gasteiger partial charge is 0.437 e. The lowest BCUT2D eigenvalue weighted by Gasteiger charge is -2.15. The van der Waals surface area contributed by atoms with E-state index in [-0.39, 0.29) is 36.7 Å². The number of rotatable bonds is 7. The molecule has 26 heavy (non-hydrogen) atoms. The van der Waals surface area contributed by atoms with Crippen LogP contribution in [0.25, 0.3) is 0 Å². The minimum Gasteiger partial charge on any atom is -0.437 e. The number of ether oxygens (including phenoxy) is 1. The molecule has 1 heterocycles. The number of benzene rings is 1. The van der Waals surface area contributed by atoms with Crippen LogP contribution in [-0.2, 0) is 9.59 Å². The molecule has 0 aliphatic carbocycles. The van der Waals surface area contributed by atoms with Crippen molar-refractivity contribution in [3.8, 4) is 11.6 Å². The Morgan fingerprint density at radius 2 is 2.04 bits per heavy atom. The molecule has 0 saturated carbocycles. The lowest BCUT2D eigenvalue weighted by Crippen LogP contribution is -2.46. The Morgan fingerprint density at radius 3 is 2.69 bits per heavy atom. The molecule has 9 heteroatoms. The second-order valence-electron chi connectivity index (χ2n) is 5.71. The topological polar surface area (TPSA) is 119 Å². The molecule has 0 fully saturated rings. The van der Waals surface area contributed by atoms with E-state index in [2.05, 4.69) is 20.6 Å². The summed E-state index contributed by atoms with van der Waals surface area (Å²) < 4.78 is 5.55. The molecule has 0 aliphatic rings. The predicted octanol–water partition coefficient (Wildman–Crippen LogP) is 1.73. The Hall–Kier alpha value is -2.71. The lowest BCUT2D eigenvalue weighted by atomic mass is 10.1. The van der Waals surface area contributed by atoms with Gasteiger partial charge in [0, 0.05) is 24.1 Å². The molecule has 0 unspecified atom stereocenters. The molecule has 4 N–H and O–H groups in total. The Morgan fingerprint density at radius 1 is 1.27 bits per heavy atom. The molecule has 2 aromatic rings. The van der Waals surface area contributed by atoms with Gasteiger partial charge in [0.1, 0.15) is 5.75 Å². The number of nitrogens with zero attached hydrogens (tertiary/aromatic N) is 2. The van der Waals surface area contributed by atoms with Crippen molar-refractivity contribution in [3.63, 3.8) is 0 Å². The first kappa shape index (κ1) is 21.3. The normalized spacial score (nSPS) is 11.2. The average molecular weight is 380 g/mol. The maximum atomic E-state index is 11.9. The van der Waals surface area contributed by atoms with Crippen LogP contribution >= 0.6 is 12.4 Å². The highest BCUT2D eigenvalue weighted by atomic mass is 35.5. The van der Waals surface area contributed by atoms with Gasteiger partial charge in [-0.3, -0.25) is 14.6 Å². The first-order chi connectivity index (χ1) is 12.0. The van der Waals surface area contributed by atoms with Gasteiger partial charge in [-0.2, -0.15) is 0 Å². The summed E-state index contributed by atoms with van der Waals surface area (Å²) in [6, 6.07) is 6.18. The number of hydrogen-bond donors (Lipinski definition) is 3. The number of aromatic nitrogens is 2. The van der Waals surface area contributed by atoms with Crippen molar-refractivity contribution in [2.24, 2.45) is 11.7 Å². The smallest absolute Gasteiger partial charge is 0.243 e. The van der Waals surface area contributed by atoms with Gasteiger partial charge in [0.25, 0.3) is 0 Å². The molecule has 0 spiro atoms. The molecule has 8 nitrogen and oxygen atoms in total. The van der Waals surface area contributed by atoms with Crippen LogP contribution < -0.4 is 21.1 Å². The molecule has 1 atom stereocenters. The maximum Gasteiger partial charge on any atom is 0.243 e. The van der Waals surface area contributed by atoms with Crippen LogP contribution in [-0.4, -0.2) is 34.4 Å². The van der Waals surface area contributed by atoms with Crippen LogP contribution in [0.2, 0.25) is 0 Å². The van der Waals surface area contributed by atoms with Crippen molar-refractivity contribution in [1.82, 2.24) is 15.3 Å². The van der Waals surface area contributed by atoms with E-state index in [1.165, 1.54) is 12.4 Å². The van der Waals surface area contributed by atoms with E-state index in [1.807, 2.05) is 13.8 Å². The third-order valence-electron chi connectivity index (χ3n) is 3.32. The van der Waals surface area contributed by atoms with E-state index < -0.39 is 6.04 Å². The Bertz CT molecular complexity index is 727. The third-order valence-corrected chi connectivity index (χ3v) is 3.32. The molecule has 0 aliphatic heterocycles. The first-order valence-corrected chi connectivity index (χ1v) is 7.83. The van der Waals surface area contributed by atoms with Gasteiger partial charge >= 0.3 is 0 Å². The van der Waals surface area contributed by atoms with Crippen LogP contribution in [0.4, 0.5) is 5.69 Å². The summed E-state index contributed by atoms with van der Waals surface area (Å²) in [4.78, 5) is 31.6. The zero-order valence-electron chi connectivity index (χ0n) is 14.5. The summed E-state index contributed by atoms with van der Waals surface area (Å²) in [5.41, 5.74) is 6.26. The second kappa shape index (κ2) is 10.3. The molecule has 1 aromatic heterocycles. The molecular formula is C17H22ClN5O3. The number of hydrogen-bond acceptors (Lipinski definition) is 6. The van der Waals surface area contributed by atoms with Gasteiger partial charge in [-0.05, 0) is 18.1 Å². The fourth-order valence-corrected chi connectivity index (χ4v) is 1.89. The van der Waals surface area contributed by atoms with Gasteiger partial charge in [0.15, 0.2) is 0 Å². The van der Waals surface area contributed by atoms with Gasteiger partial charge in [0.2, 0.25) is 17.7 Å². The minimum atomic E-state index is -0.642. The Kier molecular flexibility index (Phi) is 8.47. The van der Waals surface area contributed by atoms with E-state index in [1.54, 1.807) is 30.5 Å². The number of carbonyl (C=O) groups excluding carboxylic acids is 2. The number of nitrogens with two attached hydrogens (primary N) is 1. The fraction of sp³-hybridized carbons (Fsp3) is 0.294. The van der Waals surface area contributed by atoms with Gasteiger partial charge in [-0.25, -0.2) is 4.98 Å². The van der Waals surface area contributed by atoms with Gasteiger partial charge < -0.3 is 21.1 Å². The summed E-state index contributed by atoms with van der Waals surface area (Å²) in [5, 5.41) is 5.19. The van der Waals surface area contributed by atoms with Crippen LogP contribution in [0.3, 0.4) is 0 Å². The van der Waals surface area contributed by atoms with Crippen molar-refractivity contribution in [3.05, 3.63) is 42.9 Å². The Labute approximate surface area is 158 Å². The minimum absolute atomic E-state index is 0. The third kappa shape index (κ3) is 6.66. The van der Waals surface area contributed by atoms with Crippen molar-refractivity contribution in [2.45, 2.75) is 19.9 Å². The van der Waals surface area contributed by atoms with E-state index >= 15 is 0 Å². The van der Waals surface area contributed by atoms with Crippen molar-refractivity contribution >= 4 is 29.9 Å². The SMILES string of the molecule is CC(C)[C@H](N)C(=O)NCC(=O)Nc1cccc(Oc2cnccn2)c1.Cl. The fourth-order valence-electron chi connectivity index (χ4n) is 1.89. The maximum absolute atomic E-state index is 11.9. The van der Waals surface area contributed by atoms with Crippen LogP contribution in [0.1, 0.15) is 13.8 Å². The summed E-state index contributed by atoms with van der Waals surface area (Å²) in [5.74, 6) is 0.133. The molecule has 1 aromatic carbocycles. The van der Waals surface area contributed by atoms with Crippen molar-refractivity contribution < 1.29 is 14.3 Å². The first-order valence-electron chi connectivity index (χ1n) is 7.83. The lowest BCUT2D eigenvalue weighted by molar-refractivity contribution is -0.125. The van der Waals surface area contributed by atoms with E-state index in [4.69, 9.17) is 10.5 Å². The molecule has 140 valence electrons. The summed E-state index contributed by atoms with van der Waals surface area (Å²) in [7, 11) is 0. The predicted molar refractivity (Wildman–Crippen MR) is 100 cm³/mol. The quantitative estimate of drug-likeness (QED) is 0.674. The number of halogens is 1. The highest BCUT2D eigenvalue weighted by molar-refractivity contribution is 5.95. The summed E-state index contributed by atoms with van der Waals surface area (Å²) >= 11 is 0. The van der Waals surface area contributed by atoms with Crippen molar-refractivity contribution in [1.29, 1.82) is 0 Å². The molecule has 2 amide bonds. The monoisotopic (exact) mass is 379 g/mol. The van der Waals surface area contributed by atoms with Crippen molar-refractivity contribution in [2.75, 3.05) is 11.9 Å². The number of amides is 2. The van der Waals surface area contributed by atoms with Gasteiger partial charge in [-0.15, -0.1) is 12.4 Å². The summed E-state index contributed by atoms with van der Waals surface area (Å²) in [6.45, 7) is 3.52. The van der Waals surface area contributed by atoms with E-state index in [9.17, 15) is 9.59 Å². The molecule has 0 saturated heterocycles. The van der Waals surface area contributed by atoms with E-state index in [0.29, 0.717) is 17.3 Å². The molecule has 0 radical (unpaired) electrons. The zero-order chi connectivity index (χ0) is 18.2. The molecular weight excluding hydrogens is 358 g/mol. The van der Waals surface area contributed by atoms with Gasteiger partial charge in [0.05, 0.1) is 18.8 Å². The van der Waals surface area contributed by atoms with Crippen LogP contribution in [0.15, 0.2) is 42.9 Å². The number of carbonyl (C=O) groups is 2. The highest BCUT2D eigenvalue weighted by Gasteiger charge is 2.17. The van der Waals surface area contributed by atoms with E-state index in [0.717, 1.165) is 0 Å². The standard InChI is InChI=1S/C17H21N5O3.ClH/c1-11(2)16(18)17(24)21-9-14(23)22-12-4-3-5-13(8-12)25-15-10-19-6-7-20-15;/h3-8,10-11,16H,9,18H2,1-2H3,(H,21,24)(H,22,23);1H/t16-;/m0./s1. The van der Waals surface area contributed by atoms with Crippen LogP contribution in [0.5, 0.6) is 11.6 Å². The number of anilines is 1. The summed E-state index contributed by atoms with van der Waals surface area (Å²) in [6.07, 6.45) is 4.55. The van der Waals surface area contributed by atoms with Gasteiger partial charge in [-0.1, -0.05) is 19.9 Å². The highest BCUT2D eigenvalue weighted by Crippen LogP contribution is 2.21. The second-order valence-corrected chi connectivity index (χ2v) is 5.71. The number of nitrogens with one attached hydrogen (secondary N) is 2. The van der Waals surface area contributed by atoms with Crippen LogP contribution in [0, 0.1) is 5.92 Å². The molecule has 2 rings (SSSR count).